The molecule has 0 aliphatic carbocycles. The SMILES string of the molecule is Cc1cc(-c2nc3ccc(F)cc3n2-c2cccc3c2OC[C@H]3Nc2ccc3c(c2)OCC3)no1. The zero-order chi connectivity index (χ0) is 23.5. The normalized spacial score (nSPS) is 16.1. The largest absolute Gasteiger partial charge is 0.493 e. The Hall–Kier alpha value is -4.33. The van der Waals surface area contributed by atoms with Gasteiger partial charge in [-0.15, -0.1) is 0 Å². The van der Waals surface area contributed by atoms with Gasteiger partial charge in [-0.3, -0.25) is 4.57 Å². The van der Waals surface area contributed by atoms with Crippen molar-refractivity contribution in [3.63, 3.8) is 0 Å². The lowest BCUT2D eigenvalue weighted by atomic mass is 10.1. The fraction of sp³-hybridized carbons (Fsp3) is 0.185. The zero-order valence-corrected chi connectivity index (χ0v) is 18.9. The highest BCUT2D eigenvalue weighted by Crippen LogP contribution is 2.42. The van der Waals surface area contributed by atoms with Gasteiger partial charge in [-0.1, -0.05) is 23.4 Å². The zero-order valence-electron chi connectivity index (χ0n) is 18.9. The van der Waals surface area contributed by atoms with Crippen molar-refractivity contribution in [1.29, 1.82) is 0 Å². The van der Waals surface area contributed by atoms with Crippen LogP contribution in [-0.2, 0) is 6.42 Å². The summed E-state index contributed by atoms with van der Waals surface area (Å²) in [5.74, 6) is 2.55. The van der Waals surface area contributed by atoms with E-state index < -0.39 is 0 Å². The summed E-state index contributed by atoms with van der Waals surface area (Å²) in [5.41, 5.74) is 5.86. The molecule has 174 valence electrons. The van der Waals surface area contributed by atoms with E-state index in [-0.39, 0.29) is 11.9 Å². The molecule has 0 bridgehead atoms. The van der Waals surface area contributed by atoms with Crippen molar-refractivity contribution in [3.8, 4) is 28.7 Å². The number of ether oxygens (including phenoxy) is 2. The van der Waals surface area contributed by atoms with Gasteiger partial charge in [-0.05, 0) is 36.8 Å². The van der Waals surface area contributed by atoms with Crippen LogP contribution in [0.25, 0.3) is 28.2 Å². The second-order valence-corrected chi connectivity index (χ2v) is 8.85. The number of hydrogen-bond acceptors (Lipinski definition) is 6. The number of benzene rings is 3. The lowest BCUT2D eigenvalue weighted by molar-refractivity contribution is 0.339. The van der Waals surface area contributed by atoms with Gasteiger partial charge in [0.15, 0.2) is 5.82 Å². The van der Waals surface area contributed by atoms with Crippen LogP contribution in [0.3, 0.4) is 0 Å². The van der Waals surface area contributed by atoms with Crippen LogP contribution in [0.15, 0.2) is 65.2 Å². The Balaban J connectivity index is 1.34. The molecule has 1 N–H and O–H groups in total. The highest BCUT2D eigenvalue weighted by Gasteiger charge is 2.29. The van der Waals surface area contributed by atoms with Gasteiger partial charge < -0.3 is 19.3 Å². The number of nitrogens with one attached hydrogen (secondary N) is 1. The van der Waals surface area contributed by atoms with Gasteiger partial charge in [0.05, 0.1) is 29.4 Å². The molecule has 7 rings (SSSR count). The van der Waals surface area contributed by atoms with Gasteiger partial charge in [0, 0.05) is 35.9 Å². The Kier molecular flexibility index (Phi) is 4.36. The first kappa shape index (κ1) is 20.1. The van der Waals surface area contributed by atoms with Gasteiger partial charge in [-0.25, -0.2) is 9.37 Å². The van der Waals surface area contributed by atoms with Crippen molar-refractivity contribution < 1.29 is 18.4 Å². The van der Waals surface area contributed by atoms with E-state index in [2.05, 4.69) is 22.6 Å². The minimum Gasteiger partial charge on any atom is -0.493 e. The molecule has 0 spiro atoms. The maximum Gasteiger partial charge on any atom is 0.168 e. The first-order valence-electron chi connectivity index (χ1n) is 11.5. The third-order valence-electron chi connectivity index (χ3n) is 6.55. The average Bonchev–Trinajstić information content (AvgIpc) is 3.64. The van der Waals surface area contributed by atoms with Crippen LogP contribution < -0.4 is 14.8 Å². The first-order chi connectivity index (χ1) is 17.1. The number of anilines is 1. The number of aromatic nitrogens is 3. The van der Waals surface area contributed by atoms with Crippen molar-refractivity contribution in [2.24, 2.45) is 0 Å². The summed E-state index contributed by atoms with van der Waals surface area (Å²) in [6.07, 6.45) is 0.946. The average molecular weight is 468 g/mol. The Morgan fingerprint density at radius 2 is 2.00 bits per heavy atom. The third-order valence-corrected chi connectivity index (χ3v) is 6.55. The summed E-state index contributed by atoms with van der Waals surface area (Å²) in [6.45, 7) is 3.01. The van der Waals surface area contributed by atoms with Gasteiger partial charge in [-0.2, -0.15) is 0 Å². The molecular weight excluding hydrogens is 447 g/mol. The quantitative estimate of drug-likeness (QED) is 0.370. The van der Waals surface area contributed by atoms with Crippen LogP contribution in [0.4, 0.5) is 10.1 Å². The van der Waals surface area contributed by atoms with Crippen molar-refractivity contribution >= 4 is 16.7 Å². The predicted octanol–water partition coefficient (Wildman–Crippen LogP) is 5.61. The van der Waals surface area contributed by atoms with E-state index in [1.54, 1.807) is 6.07 Å². The highest BCUT2D eigenvalue weighted by molar-refractivity contribution is 5.84. The molecule has 5 aromatic rings. The molecule has 7 nitrogen and oxygen atoms in total. The number of para-hydroxylation sites is 1. The van der Waals surface area contributed by atoms with Crippen molar-refractivity contribution in [2.75, 3.05) is 18.5 Å². The Bertz CT molecular complexity index is 1610. The number of fused-ring (bicyclic) bond motifs is 3. The summed E-state index contributed by atoms with van der Waals surface area (Å²) < 4.78 is 33.4. The Morgan fingerprint density at radius 1 is 1.06 bits per heavy atom. The first-order valence-corrected chi connectivity index (χ1v) is 11.5. The van der Waals surface area contributed by atoms with Crippen molar-refractivity contribution in [1.82, 2.24) is 14.7 Å². The van der Waals surface area contributed by atoms with E-state index in [0.717, 1.165) is 41.5 Å². The molecule has 2 aliphatic heterocycles. The van der Waals surface area contributed by atoms with E-state index in [1.807, 2.05) is 41.8 Å². The van der Waals surface area contributed by atoms with Crippen LogP contribution in [0.1, 0.15) is 22.9 Å². The summed E-state index contributed by atoms with van der Waals surface area (Å²) in [4.78, 5) is 4.75. The molecule has 35 heavy (non-hydrogen) atoms. The van der Waals surface area contributed by atoms with E-state index in [9.17, 15) is 4.39 Å². The van der Waals surface area contributed by atoms with Gasteiger partial charge >= 0.3 is 0 Å². The number of rotatable bonds is 4. The fourth-order valence-corrected chi connectivity index (χ4v) is 4.92. The van der Waals surface area contributed by atoms with E-state index in [1.165, 1.54) is 17.7 Å². The molecule has 3 aromatic carbocycles. The van der Waals surface area contributed by atoms with Crippen molar-refractivity contribution in [2.45, 2.75) is 19.4 Å². The number of hydrogen-bond donors (Lipinski definition) is 1. The fourth-order valence-electron chi connectivity index (χ4n) is 4.92. The maximum atomic E-state index is 14.3. The molecule has 8 heteroatoms. The van der Waals surface area contributed by atoms with E-state index in [4.69, 9.17) is 19.0 Å². The smallest absolute Gasteiger partial charge is 0.168 e. The molecule has 0 unspecified atom stereocenters. The standard InChI is InChI=1S/C27H21FN4O3/c1-15-11-21(31-35-15)27-30-20-8-6-17(28)12-24(20)32(27)23-4-2-3-19-22(14-34-26(19)23)29-18-7-5-16-9-10-33-25(16)13-18/h2-8,11-13,22,29H,9-10,14H2,1H3/t22-/m1/s1. The molecule has 0 saturated heterocycles. The number of imidazole rings is 1. The Morgan fingerprint density at radius 3 is 2.89 bits per heavy atom. The lowest BCUT2D eigenvalue weighted by Gasteiger charge is -2.15. The minimum atomic E-state index is -0.339. The summed E-state index contributed by atoms with van der Waals surface area (Å²) in [6, 6.07) is 18.5. The summed E-state index contributed by atoms with van der Waals surface area (Å²) in [7, 11) is 0. The molecule has 4 heterocycles. The number of aryl methyl sites for hydroxylation is 1. The molecule has 0 amide bonds. The molecule has 2 aliphatic rings. The van der Waals surface area contributed by atoms with Gasteiger partial charge in [0.1, 0.15) is 35.4 Å². The second kappa shape index (κ2) is 7.59. The molecule has 0 fully saturated rings. The predicted molar refractivity (Wildman–Crippen MR) is 129 cm³/mol. The molecule has 1 atom stereocenters. The lowest BCUT2D eigenvalue weighted by Crippen LogP contribution is -2.11. The maximum absolute atomic E-state index is 14.3. The van der Waals surface area contributed by atoms with Crippen molar-refractivity contribution in [3.05, 3.63) is 83.4 Å². The summed E-state index contributed by atoms with van der Waals surface area (Å²) >= 11 is 0. The molecule has 0 saturated carbocycles. The van der Waals surface area contributed by atoms with E-state index >= 15 is 0 Å². The molecule has 0 radical (unpaired) electrons. The second-order valence-electron chi connectivity index (χ2n) is 8.85. The van der Waals surface area contributed by atoms with Gasteiger partial charge in [0.25, 0.3) is 0 Å². The Labute approximate surface area is 200 Å². The van der Waals surface area contributed by atoms with Crippen LogP contribution in [0, 0.1) is 12.7 Å². The molecule has 2 aromatic heterocycles. The van der Waals surface area contributed by atoms with Crippen LogP contribution in [0.5, 0.6) is 11.5 Å². The highest BCUT2D eigenvalue weighted by atomic mass is 19.1. The molecular formula is C27H21FN4O3. The van der Waals surface area contributed by atoms with Crippen LogP contribution in [0.2, 0.25) is 0 Å². The number of halogens is 1. The summed E-state index contributed by atoms with van der Waals surface area (Å²) in [5, 5.41) is 7.74. The monoisotopic (exact) mass is 468 g/mol. The van der Waals surface area contributed by atoms with Crippen LogP contribution in [-0.4, -0.2) is 27.9 Å². The minimum absolute atomic E-state index is 0.0475. The topological polar surface area (TPSA) is 74.3 Å². The van der Waals surface area contributed by atoms with Gasteiger partial charge in [0.2, 0.25) is 0 Å². The van der Waals surface area contributed by atoms with E-state index in [0.29, 0.717) is 34.9 Å². The van der Waals surface area contributed by atoms with Crippen LogP contribution >= 0.6 is 0 Å². The number of nitrogens with zero attached hydrogens (tertiary/aromatic N) is 3. The third kappa shape index (κ3) is 3.24.